The summed E-state index contributed by atoms with van der Waals surface area (Å²) in [6.07, 6.45) is 12.5. The molecule has 0 saturated carbocycles. The summed E-state index contributed by atoms with van der Waals surface area (Å²) in [5.41, 5.74) is 2.38. The largest absolute Gasteiger partial charge is 0.484 e. The van der Waals surface area contributed by atoms with Gasteiger partial charge in [0.15, 0.2) is 0 Å². The predicted octanol–water partition coefficient (Wildman–Crippen LogP) is 5.67. The van der Waals surface area contributed by atoms with Crippen LogP contribution in [0, 0.1) is 0 Å². The highest BCUT2D eigenvalue weighted by atomic mass is 31.3. The van der Waals surface area contributed by atoms with Crippen molar-refractivity contribution in [3.05, 3.63) is 120 Å². The van der Waals surface area contributed by atoms with Crippen LogP contribution >= 0.6 is 15.6 Å². The van der Waals surface area contributed by atoms with E-state index in [-0.39, 0.29) is 26.4 Å². The Bertz CT molecular complexity index is 1120. The van der Waals surface area contributed by atoms with E-state index in [2.05, 4.69) is 19.9 Å². The van der Waals surface area contributed by atoms with Crippen LogP contribution in [0.15, 0.2) is 98.1 Å². The van der Waals surface area contributed by atoms with Crippen molar-refractivity contribution in [2.75, 3.05) is 0 Å². The van der Waals surface area contributed by atoms with Crippen molar-refractivity contribution in [3.63, 3.8) is 0 Å². The Morgan fingerprint density at radius 2 is 0.757 bits per heavy atom. The van der Waals surface area contributed by atoms with Gasteiger partial charge >= 0.3 is 15.6 Å². The average Bonchev–Trinajstić information content (AvgIpc) is 2.95. The Balaban J connectivity index is 1.54. The van der Waals surface area contributed by atoms with Crippen LogP contribution in [0.5, 0.6) is 0 Å². The van der Waals surface area contributed by atoms with Crippen LogP contribution in [0.2, 0.25) is 0 Å². The Labute approximate surface area is 214 Å². The fourth-order valence-corrected chi connectivity index (χ4v) is 5.95. The van der Waals surface area contributed by atoms with Crippen LogP contribution in [0.4, 0.5) is 0 Å². The number of nitrogens with zero attached hydrogens (tertiary/aromatic N) is 4. The highest BCUT2D eigenvalue weighted by Crippen LogP contribution is 2.67. The van der Waals surface area contributed by atoms with Crippen LogP contribution < -0.4 is 0 Å². The molecule has 4 aromatic rings. The van der Waals surface area contributed by atoms with Gasteiger partial charge in [-0.15, -0.1) is 0 Å². The molecule has 0 bridgehead atoms. The molecule has 0 aromatic carbocycles. The Hall–Kier alpha value is -3.14. The summed E-state index contributed by atoms with van der Waals surface area (Å²) in [4.78, 5) is 16.0. The zero-order chi connectivity index (χ0) is 25.8. The maximum Gasteiger partial charge on any atom is 0.484 e. The fraction of sp³-hybridized carbons (Fsp3) is 0.167. The Kier molecular flexibility index (Phi) is 9.76. The molecule has 0 atom stereocenters. The smallest absolute Gasteiger partial charge is 0.282 e. The first kappa shape index (κ1) is 26.9. The molecule has 4 rings (SSSR count). The van der Waals surface area contributed by atoms with Crippen molar-refractivity contribution in [2.45, 2.75) is 26.4 Å². The summed E-state index contributed by atoms with van der Waals surface area (Å²) >= 11 is 0. The molecular weight excluding hydrogens is 518 g/mol. The van der Waals surface area contributed by atoms with Crippen molar-refractivity contribution in [1.82, 2.24) is 19.9 Å². The normalized spacial score (nSPS) is 11.9. The van der Waals surface area contributed by atoms with Gasteiger partial charge < -0.3 is 0 Å². The van der Waals surface area contributed by atoms with Crippen molar-refractivity contribution in [2.24, 2.45) is 0 Å². The molecular formula is C24H24N4O7P2. The highest BCUT2D eigenvalue weighted by Gasteiger charge is 2.41. The quantitative estimate of drug-likeness (QED) is 0.183. The average molecular weight is 542 g/mol. The van der Waals surface area contributed by atoms with E-state index in [9.17, 15) is 9.13 Å². The molecule has 13 heteroatoms. The first-order chi connectivity index (χ1) is 18.0. The van der Waals surface area contributed by atoms with E-state index in [4.69, 9.17) is 22.4 Å². The molecule has 192 valence electrons. The summed E-state index contributed by atoms with van der Waals surface area (Å²) in [7, 11) is -9.03. The van der Waals surface area contributed by atoms with E-state index in [0.717, 1.165) is 0 Å². The molecule has 11 nitrogen and oxygen atoms in total. The maximum absolute atomic E-state index is 13.7. The fourth-order valence-electron chi connectivity index (χ4n) is 2.84. The SMILES string of the molecule is O=P(OCc1cccnc1)(OCc1cccnc1)OP(=O)(OCc1cccnc1)OCc1cccnc1. The second kappa shape index (κ2) is 13.4. The lowest BCUT2D eigenvalue weighted by atomic mass is 10.3. The molecule has 0 spiro atoms. The van der Waals surface area contributed by atoms with E-state index >= 15 is 0 Å². The van der Waals surface area contributed by atoms with Crippen LogP contribution in [0.1, 0.15) is 22.3 Å². The first-order valence-corrected chi connectivity index (χ1v) is 14.0. The second-order valence-electron chi connectivity index (χ2n) is 7.51. The minimum Gasteiger partial charge on any atom is -0.282 e. The van der Waals surface area contributed by atoms with E-state index in [1.165, 1.54) is 24.8 Å². The third-order valence-corrected chi connectivity index (χ3v) is 8.03. The van der Waals surface area contributed by atoms with Gasteiger partial charge in [0.1, 0.15) is 0 Å². The van der Waals surface area contributed by atoms with Gasteiger partial charge in [-0.2, -0.15) is 4.31 Å². The summed E-state index contributed by atoms with van der Waals surface area (Å²) in [5, 5.41) is 0. The first-order valence-electron chi connectivity index (χ1n) is 11.1. The summed E-state index contributed by atoms with van der Waals surface area (Å²) < 4.78 is 55.0. The molecule has 0 aliphatic rings. The van der Waals surface area contributed by atoms with E-state index in [0.29, 0.717) is 22.3 Å². The lowest BCUT2D eigenvalue weighted by Crippen LogP contribution is -2.05. The van der Waals surface area contributed by atoms with Gasteiger partial charge in [0.2, 0.25) is 0 Å². The number of rotatable bonds is 14. The molecule has 0 N–H and O–H groups in total. The lowest BCUT2D eigenvalue weighted by molar-refractivity contribution is 0.0965. The number of aromatic nitrogens is 4. The Morgan fingerprint density at radius 1 is 0.486 bits per heavy atom. The lowest BCUT2D eigenvalue weighted by Gasteiger charge is -2.23. The van der Waals surface area contributed by atoms with Crippen molar-refractivity contribution in [1.29, 1.82) is 0 Å². The van der Waals surface area contributed by atoms with Gasteiger partial charge in [-0.1, -0.05) is 24.3 Å². The molecule has 4 aromatic heterocycles. The summed E-state index contributed by atoms with van der Waals surface area (Å²) in [6.45, 7) is -0.764. The third kappa shape index (κ3) is 9.03. The number of phosphoric acid groups is 2. The third-order valence-electron chi connectivity index (χ3n) is 4.65. The number of pyridine rings is 4. The van der Waals surface area contributed by atoms with E-state index in [1.54, 1.807) is 73.3 Å². The van der Waals surface area contributed by atoms with Crippen LogP contribution in [-0.4, -0.2) is 19.9 Å². The van der Waals surface area contributed by atoms with Gasteiger partial charge in [-0.25, -0.2) is 9.13 Å². The zero-order valence-corrected chi connectivity index (χ0v) is 21.4. The molecule has 0 aliphatic carbocycles. The zero-order valence-electron chi connectivity index (χ0n) is 19.6. The molecule has 0 unspecified atom stereocenters. The van der Waals surface area contributed by atoms with Gasteiger partial charge in [0.05, 0.1) is 26.4 Å². The van der Waals surface area contributed by atoms with E-state index in [1.807, 2.05) is 0 Å². The topological polar surface area (TPSA) is 132 Å². The van der Waals surface area contributed by atoms with Crippen LogP contribution in [-0.2, 0) is 58.0 Å². The van der Waals surface area contributed by atoms with Crippen LogP contribution in [0.3, 0.4) is 0 Å². The minimum absolute atomic E-state index is 0.191. The molecule has 0 radical (unpaired) electrons. The van der Waals surface area contributed by atoms with Crippen molar-refractivity contribution < 1.29 is 31.5 Å². The van der Waals surface area contributed by atoms with E-state index < -0.39 is 15.6 Å². The number of phosphoric ester groups is 2. The Morgan fingerprint density at radius 3 is 0.973 bits per heavy atom. The molecule has 0 amide bonds. The van der Waals surface area contributed by atoms with Crippen molar-refractivity contribution in [3.8, 4) is 0 Å². The predicted molar refractivity (Wildman–Crippen MR) is 132 cm³/mol. The monoisotopic (exact) mass is 542 g/mol. The molecule has 0 saturated heterocycles. The number of hydrogen-bond acceptors (Lipinski definition) is 11. The van der Waals surface area contributed by atoms with Gasteiger partial charge in [0, 0.05) is 49.6 Å². The van der Waals surface area contributed by atoms with Gasteiger partial charge in [-0.05, 0) is 46.5 Å². The molecule has 4 heterocycles. The van der Waals surface area contributed by atoms with Gasteiger partial charge in [0.25, 0.3) is 0 Å². The highest BCUT2D eigenvalue weighted by molar-refractivity contribution is 7.62. The molecule has 0 fully saturated rings. The van der Waals surface area contributed by atoms with Crippen molar-refractivity contribution >= 4 is 15.6 Å². The standard InChI is InChI=1S/C24H24N4O7P2/c29-36(31-17-21-5-1-9-25-13-21,32-18-22-6-2-10-26-14-22)35-37(30,33-19-23-7-3-11-27-15-23)34-20-24-8-4-12-28-16-24/h1-16H,17-20H2. The molecule has 37 heavy (non-hydrogen) atoms. The maximum atomic E-state index is 13.7. The van der Waals surface area contributed by atoms with Crippen LogP contribution in [0.25, 0.3) is 0 Å². The number of hydrogen-bond donors (Lipinski definition) is 0. The molecule has 0 aliphatic heterocycles. The minimum atomic E-state index is -4.51. The second-order valence-corrected chi connectivity index (χ2v) is 11.0. The summed E-state index contributed by atoms with van der Waals surface area (Å²) in [5.74, 6) is 0. The van der Waals surface area contributed by atoms with Gasteiger partial charge in [-0.3, -0.25) is 38.0 Å². The summed E-state index contributed by atoms with van der Waals surface area (Å²) in [6, 6.07) is 13.6.